The van der Waals surface area contributed by atoms with Crippen LogP contribution in [0, 0.1) is 0 Å². The minimum Gasteiger partial charge on any atom is -0.332 e. The van der Waals surface area contributed by atoms with Crippen molar-refractivity contribution in [1.29, 1.82) is 0 Å². The van der Waals surface area contributed by atoms with Gasteiger partial charge in [0, 0.05) is 36.8 Å². The van der Waals surface area contributed by atoms with Crippen LogP contribution < -0.4 is 5.32 Å². The summed E-state index contributed by atoms with van der Waals surface area (Å²) in [5.41, 5.74) is 2.66. The van der Waals surface area contributed by atoms with Gasteiger partial charge < -0.3 is 9.84 Å². The zero-order valence-corrected chi connectivity index (χ0v) is 17.4. The van der Waals surface area contributed by atoms with Crippen molar-refractivity contribution in [2.24, 2.45) is 0 Å². The van der Waals surface area contributed by atoms with Gasteiger partial charge in [-0.2, -0.15) is 10.1 Å². The number of piperazine rings is 1. The molecular weight excluding hydrogens is 410 g/mol. The molecule has 1 aliphatic rings. The maximum Gasteiger partial charge on any atom is 0.277 e. The van der Waals surface area contributed by atoms with Gasteiger partial charge in [0.1, 0.15) is 10.7 Å². The molecule has 0 saturated carbocycles. The summed E-state index contributed by atoms with van der Waals surface area (Å²) in [6.07, 6.45) is 3.79. The molecule has 4 aromatic rings. The molecule has 1 unspecified atom stereocenters. The molecule has 5 rings (SSSR count). The molecule has 150 valence electrons. The van der Waals surface area contributed by atoms with Gasteiger partial charge in [-0.3, -0.25) is 4.90 Å². The Labute approximate surface area is 178 Å². The van der Waals surface area contributed by atoms with E-state index in [4.69, 9.17) is 4.52 Å². The van der Waals surface area contributed by atoms with Crippen molar-refractivity contribution in [2.45, 2.75) is 6.04 Å². The molecule has 10 heteroatoms. The highest BCUT2D eigenvalue weighted by molar-refractivity contribution is 7.13. The highest BCUT2D eigenvalue weighted by atomic mass is 35.5. The van der Waals surface area contributed by atoms with E-state index in [1.54, 1.807) is 0 Å². The number of aromatic nitrogens is 5. The van der Waals surface area contributed by atoms with Crippen LogP contribution in [0.4, 0.5) is 0 Å². The Morgan fingerprint density at radius 3 is 2.90 bits per heavy atom. The molecule has 4 heterocycles. The third kappa shape index (κ3) is 3.95. The zero-order valence-electron chi connectivity index (χ0n) is 15.7. The van der Waals surface area contributed by atoms with E-state index < -0.39 is 0 Å². The van der Waals surface area contributed by atoms with Crippen LogP contribution in [0.1, 0.15) is 11.9 Å². The number of nitrogens with one attached hydrogen (secondary N) is 1. The molecule has 1 aromatic carbocycles. The van der Waals surface area contributed by atoms with Crippen molar-refractivity contribution in [1.82, 2.24) is 35.1 Å². The lowest BCUT2D eigenvalue weighted by molar-refractivity contribution is 0.190. The van der Waals surface area contributed by atoms with Crippen LogP contribution in [0.5, 0.6) is 0 Å². The van der Waals surface area contributed by atoms with Gasteiger partial charge in [0.25, 0.3) is 5.89 Å². The first-order valence-corrected chi connectivity index (χ1v) is 9.97. The van der Waals surface area contributed by atoms with E-state index >= 15 is 0 Å². The molecule has 1 aliphatic heterocycles. The number of hydrogen-bond acceptors (Lipinski definition) is 8. The quantitative estimate of drug-likeness (QED) is 0.533. The summed E-state index contributed by atoms with van der Waals surface area (Å²) in [6, 6.07) is 10.1. The minimum absolute atomic E-state index is 0. The normalized spacial score (nSPS) is 17.2. The molecule has 0 radical (unpaired) electrons. The Balaban J connectivity index is 0.00000205. The van der Waals surface area contributed by atoms with Crippen LogP contribution in [-0.2, 0) is 0 Å². The number of hydrogen-bond donors (Lipinski definition) is 1. The van der Waals surface area contributed by atoms with Gasteiger partial charge in [-0.1, -0.05) is 23.4 Å². The number of likely N-dealkylation sites (N-methyl/N-ethyl adjacent to an activating group) is 1. The largest absolute Gasteiger partial charge is 0.332 e. The van der Waals surface area contributed by atoms with Gasteiger partial charge in [-0.15, -0.1) is 23.7 Å². The fourth-order valence-corrected chi connectivity index (χ4v) is 4.00. The predicted molar refractivity (Wildman–Crippen MR) is 113 cm³/mol. The van der Waals surface area contributed by atoms with Crippen LogP contribution in [0.3, 0.4) is 0 Å². The first-order chi connectivity index (χ1) is 13.8. The van der Waals surface area contributed by atoms with Crippen LogP contribution in [-0.4, -0.2) is 56.5 Å². The van der Waals surface area contributed by atoms with Crippen LogP contribution >= 0.6 is 23.7 Å². The summed E-state index contributed by atoms with van der Waals surface area (Å²) >= 11 is 1.54. The predicted octanol–water partition coefficient (Wildman–Crippen LogP) is 3.04. The summed E-state index contributed by atoms with van der Waals surface area (Å²) in [4.78, 5) is 11.5. The van der Waals surface area contributed by atoms with Crippen molar-refractivity contribution < 1.29 is 4.52 Å². The standard InChI is InChI=1S/C19H19N7OS.ClH/c1-25-8-7-20-10-16(25)17-23-18(27-24-17)15-12-28-19(22-15)13-9-21-26(11-13)14-5-3-2-4-6-14;/h2-6,9,11-12,16,20H,7-8,10H2,1H3;1H. The van der Waals surface area contributed by atoms with Crippen molar-refractivity contribution in [3.8, 4) is 27.8 Å². The maximum atomic E-state index is 5.48. The van der Waals surface area contributed by atoms with Gasteiger partial charge in [0.15, 0.2) is 5.82 Å². The molecule has 3 aromatic heterocycles. The third-order valence-corrected chi connectivity index (χ3v) is 5.72. The lowest BCUT2D eigenvalue weighted by atomic mass is 10.2. The first kappa shape index (κ1) is 19.7. The Hall–Kier alpha value is -2.59. The summed E-state index contributed by atoms with van der Waals surface area (Å²) in [7, 11) is 2.08. The van der Waals surface area contributed by atoms with Crippen LogP contribution in [0.25, 0.3) is 27.8 Å². The van der Waals surface area contributed by atoms with E-state index in [1.807, 2.05) is 52.8 Å². The lowest BCUT2D eigenvalue weighted by Gasteiger charge is -2.30. The monoisotopic (exact) mass is 429 g/mol. The van der Waals surface area contributed by atoms with E-state index in [-0.39, 0.29) is 18.4 Å². The molecule has 1 saturated heterocycles. The Kier molecular flexibility index (Phi) is 5.72. The molecule has 1 fully saturated rings. The number of para-hydroxylation sites is 1. The van der Waals surface area contributed by atoms with Crippen molar-refractivity contribution in [2.75, 3.05) is 26.7 Å². The molecular formula is C19H20ClN7OS. The first-order valence-electron chi connectivity index (χ1n) is 9.09. The highest BCUT2D eigenvalue weighted by Gasteiger charge is 2.26. The number of thiazole rings is 1. The Morgan fingerprint density at radius 1 is 1.21 bits per heavy atom. The van der Waals surface area contributed by atoms with Crippen molar-refractivity contribution >= 4 is 23.7 Å². The minimum atomic E-state index is 0. The van der Waals surface area contributed by atoms with Gasteiger partial charge in [0.05, 0.1) is 17.9 Å². The number of nitrogens with zero attached hydrogens (tertiary/aromatic N) is 6. The molecule has 0 amide bonds. The smallest absolute Gasteiger partial charge is 0.277 e. The molecule has 0 spiro atoms. The SMILES string of the molecule is CN1CCNCC1c1noc(-c2csc(-c3cnn(-c4ccccc4)c3)n2)n1.Cl. The second-order valence-corrected chi connectivity index (χ2v) is 7.56. The van der Waals surface area contributed by atoms with Gasteiger partial charge in [0.2, 0.25) is 0 Å². The highest BCUT2D eigenvalue weighted by Crippen LogP contribution is 2.29. The summed E-state index contributed by atoms with van der Waals surface area (Å²) in [6.45, 7) is 2.75. The lowest BCUT2D eigenvalue weighted by Crippen LogP contribution is -2.44. The van der Waals surface area contributed by atoms with E-state index in [1.165, 1.54) is 11.3 Å². The third-order valence-electron chi connectivity index (χ3n) is 4.82. The average molecular weight is 430 g/mol. The van der Waals surface area contributed by atoms with Crippen LogP contribution in [0.15, 0.2) is 52.6 Å². The molecule has 0 aliphatic carbocycles. The average Bonchev–Trinajstić information content (AvgIpc) is 3.48. The Morgan fingerprint density at radius 2 is 2.07 bits per heavy atom. The van der Waals surface area contributed by atoms with Crippen molar-refractivity contribution in [3.63, 3.8) is 0 Å². The summed E-state index contributed by atoms with van der Waals surface area (Å²) < 4.78 is 7.32. The molecule has 8 nitrogen and oxygen atoms in total. The number of halogens is 1. The fraction of sp³-hybridized carbons (Fsp3) is 0.263. The zero-order chi connectivity index (χ0) is 18.9. The number of rotatable bonds is 4. The molecule has 29 heavy (non-hydrogen) atoms. The van der Waals surface area contributed by atoms with Gasteiger partial charge in [-0.25, -0.2) is 9.67 Å². The Bertz CT molecular complexity index is 1080. The van der Waals surface area contributed by atoms with Crippen LogP contribution in [0.2, 0.25) is 0 Å². The van der Waals surface area contributed by atoms with E-state index in [0.29, 0.717) is 17.4 Å². The van der Waals surface area contributed by atoms with E-state index in [2.05, 4.69) is 37.5 Å². The second-order valence-electron chi connectivity index (χ2n) is 6.71. The summed E-state index contributed by atoms with van der Waals surface area (Å²) in [5.74, 6) is 1.14. The van der Waals surface area contributed by atoms with E-state index in [0.717, 1.165) is 35.9 Å². The van der Waals surface area contributed by atoms with Gasteiger partial charge >= 0.3 is 0 Å². The molecule has 1 atom stereocenters. The van der Waals surface area contributed by atoms with E-state index in [9.17, 15) is 0 Å². The number of benzene rings is 1. The summed E-state index contributed by atoms with van der Waals surface area (Å²) in [5, 5.41) is 14.8. The fourth-order valence-electron chi connectivity index (χ4n) is 3.23. The maximum absolute atomic E-state index is 5.48. The molecule has 0 bridgehead atoms. The topological polar surface area (TPSA) is 84.9 Å². The van der Waals surface area contributed by atoms with Gasteiger partial charge in [-0.05, 0) is 19.2 Å². The van der Waals surface area contributed by atoms with Crippen molar-refractivity contribution in [3.05, 3.63) is 53.9 Å². The molecule has 1 N–H and O–H groups in total. The second kappa shape index (κ2) is 8.42.